The molecule has 0 spiro atoms. The molecule has 11 heteroatoms. The Morgan fingerprint density at radius 3 is 2.70 bits per heavy atom. The number of nitrogens with one attached hydrogen (secondary N) is 1. The number of carbonyl (C=O) groups is 1. The first-order chi connectivity index (χ1) is 12.6. The molecular weight excluding hydrogens is 389 g/mol. The maximum atomic E-state index is 12.7. The zero-order chi connectivity index (χ0) is 19.8. The van der Waals surface area contributed by atoms with Gasteiger partial charge >= 0.3 is 6.18 Å². The highest BCUT2D eigenvalue weighted by Gasteiger charge is 2.47. The van der Waals surface area contributed by atoms with Gasteiger partial charge in [-0.25, -0.2) is 4.98 Å². The standard InChI is InChI=1S/C16H16ClF3N4O3/c1-8-22-14(24-27-8)15(2,9-3-4-9)23-13(25)11-5-12(10(17)6-21-11)26-7-16(18,19)20/h5-6,9H,3-4,7H2,1-2H3,(H,23,25). The van der Waals surface area contributed by atoms with Crippen LogP contribution in [0.25, 0.3) is 0 Å². The molecule has 0 aliphatic heterocycles. The van der Waals surface area contributed by atoms with Crippen LogP contribution in [0.3, 0.4) is 0 Å². The third kappa shape index (κ3) is 4.49. The SMILES string of the molecule is Cc1nc(C(C)(NC(=O)c2cc(OCC(F)(F)F)c(Cl)cn2)C2CC2)no1. The third-order valence-corrected chi connectivity index (χ3v) is 4.49. The Morgan fingerprint density at radius 2 is 2.15 bits per heavy atom. The lowest BCUT2D eigenvalue weighted by atomic mass is 9.94. The van der Waals surface area contributed by atoms with Crippen LogP contribution in [0.15, 0.2) is 16.8 Å². The number of hydrogen-bond donors (Lipinski definition) is 1. The number of halogens is 4. The minimum atomic E-state index is -4.53. The number of carbonyl (C=O) groups excluding carboxylic acids is 1. The van der Waals surface area contributed by atoms with Crippen molar-refractivity contribution in [3.05, 3.63) is 34.7 Å². The molecule has 1 N–H and O–H groups in total. The largest absolute Gasteiger partial charge is 0.482 e. The van der Waals surface area contributed by atoms with Gasteiger partial charge in [-0.2, -0.15) is 18.2 Å². The average Bonchev–Trinajstić information content (AvgIpc) is 3.35. The van der Waals surface area contributed by atoms with Gasteiger partial charge in [0.25, 0.3) is 5.91 Å². The van der Waals surface area contributed by atoms with Crippen molar-refractivity contribution in [3.63, 3.8) is 0 Å². The molecule has 3 rings (SSSR count). The van der Waals surface area contributed by atoms with E-state index in [0.29, 0.717) is 11.7 Å². The van der Waals surface area contributed by atoms with Gasteiger partial charge in [0.05, 0.1) is 6.20 Å². The Balaban J connectivity index is 1.80. The molecule has 0 bridgehead atoms. The molecule has 2 aromatic heterocycles. The van der Waals surface area contributed by atoms with Crippen molar-refractivity contribution in [2.24, 2.45) is 5.92 Å². The summed E-state index contributed by atoms with van der Waals surface area (Å²) in [5.74, 6) is -0.0818. The van der Waals surface area contributed by atoms with Gasteiger partial charge in [0.15, 0.2) is 12.4 Å². The summed E-state index contributed by atoms with van der Waals surface area (Å²) in [5.41, 5.74) is -1.02. The van der Waals surface area contributed by atoms with Crippen LogP contribution in [-0.4, -0.2) is 33.8 Å². The average molecular weight is 405 g/mol. The molecule has 1 atom stereocenters. The van der Waals surface area contributed by atoms with Gasteiger partial charge < -0.3 is 14.6 Å². The highest BCUT2D eigenvalue weighted by atomic mass is 35.5. The van der Waals surface area contributed by atoms with E-state index in [-0.39, 0.29) is 22.4 Å². The van der Waals surface area contributed by atoms with Crippen LogP contribution in [0.5, 0.6) is 5.75 Å². The minimum absolute atomic E-state index is 0.117. The third-order valence-electron chi connectivity index (χ3n) is 4.20. The molecule has 0 radical (unpaired) electrons. The zero-order valence-corrected chi connectivity index (χ0v) is 15.2. The Hall–Kier alpha value is -2.36. The molecule has 1 aliphatic carbocycles. The van der Waals surface area contributed by atoms with E-state index in [0.717, 1.165) is 25.1 Å². The summed E-state index contributed by atoms with van der Waals surface area (Å²) in [5, 5.41) is 6.57. The van der Waals surface area contributed by atoms with Gasteiger partial charge in [0.2, 0.25) is 5.89 Å². The highest BCUT2D eigenvalue weighted by Crippen LogP contribution is 2.44. The van der Waals surface area contributed by atoms with E-state index in [2.05, 4.69) is 25.2 Å². The predicted molar refractivity (Wildman–Crippen MR) is 87.4 cm³/mol. The van der Waals surface area contributed by atoms with Crippen LogP contribution in [0, 0.1) is 12.8 Å². The van der Waals surface area contributed by atoms with E-state index in [4.69, 9.17) is 16.1 Å². The number of amides is 1. The topological polar surface area (TPSA) is 90.1 Å². The van der Waals surface area contributed by atoms with E-state index in [1.54, 1.807) is 13.8 Å². The van der Waals surface area contributed by atoms with Crippen LogP contribution < -0.4 is 10.1 Å². The van der Waals surface area contributed by atoms with Crippen LogP contribution in [0.1, 0.15) is 42.0 Å². The highest BCUT2D eigenvalue weighted by molar-refractivity contribution is 6.32. The normalized spacial score (nSPS) is 16.7. The monoisotopic (exact) mass is 404 g/mol. The van der Waals surface area contributed by atoms with Crippen LogP contribution in [-0.2, 0) is 5.54 Å². The molecule has 1 aliphatic rings. The lowest BCUT2D eigenvalue weighted by Crippen LogP contribution is -2.46. The van der Waals surface area contributed by atoms with E-state index >= 15 is 0 Å². The van der Waals surface area contributed by atoms with Crippen LogP contribution in [0.2, 0.25) is 5.02 Å². The predicted octanol–water partition coefficient (Wildman–Crippen LogP) is 3.42. The summed E-state index contributed by atoms with van der Waals surface area (Å²) >= 11 is 5.80. The van der Waals surface area contributed by atoms with E-state index in [1.807, 2.05) is 0 Å². The minimum Gasteiger partial charge on any atom is -0.482 e. The number of aryl methyl sites for hydroxylation is 1. The molecule has 1 unspecified atom stereocenters. The van der Waals surface area contributed by atoms with Crippen molar-refractivity contribution in [1.82, 2.24) is 20.4 Å². The fourth-order valence-corrected chi connectivity index (χ4v) is 2.78. The van der Waals surface area contributed by atoms with Gasteiger partial charge in [-0.15, -0.1) is 0 Å². The van der Waals surface area contributed by atoms with Crippen LogP contribution >= 0.6 is 11.6 Å². The zero-order valence-electron chi connectivity index (χ0n) is 14.4. The lowest BCUT2D eigenvalue weighted by molar-refractivity contribution is -0.153. The quantitative estimate of drug-likeness (QED) is 0.793. The lowest BCUT2D eigenvalue weighted by Gasteiger charge is -2.27. The summed E-state index contributed by atoms with van der Waals surface area (Å²) in [4.78, 5) is 20.7. The summed E-state index contributed by atoms with van der Waals surface area (Å²) < 4.78 is 46.7. The maximum absolute atomic E-state index is 12.7. The van der Waals surface area contributed by atoms with Crippen molar-refractivity contribution < 1.29 is 27.2 Å². The molecule has 146 valence electrons. The van der Waals surface area contributed by atoms with Crippen molar-refractivity contribution in [1.29, 1.82) is 0 Å². The number of ether oxygens (including phenoxy) is 1. The first-order valence-electron chi connectivity index (χ1n) is 8.07. The van der Waals surface area contributed by atoms with Crippen molar-refractivity contribution in [2.45, 2.75) is 38.4 Å². The van der Waals surface area contributed by atoms with Crippen LogP contribution in [0.4, 0.5) is 13.2 Å². The van der Waals surface area contributed by atoms with Gasteiger partial charge in [-0.1, -0.05) is 16.8 Å². The second-order valence-corrected chi connectivity index (χ2v) is 6.88. The van der Waals surface area contributed by atoms with Gasteiger partial charge in [-0.3, -0.25) is 4.79 Å². The van der Waals surface area contributed by atoms with Gasteiger partial charge in [0.1, 0.15) is 22.0 Å². The molecule has 7 nitrogen and oxygen atoms in total. The van der Waals surface area contributed by atoms with Gasteiger partial charge in [0, 0.05) is 13.0 Å². The molecule has 1 saturated carbocycles. The molecular formula is C16H16ClF3N4O3. The summed E-state index contributed by atoms with van der Waals surface area (Å²) in [6, 6.07) is 1.07. The van der Waals surface area contributed by atoms with E-state index < -0.39 is 24.2 Å². The molecule has 27 heavy (non-hydrogen) atoms. The van der Waals surface area contributed by atoms with Crippen molar-refractivity contribution >= 4 is 17.5 Å². The maximum Gasteiger partial charge on any atom is 0.422 e. The Kier molecular flexibility index (Phi) is 5.02. The Bertz CT molecular complexity index is 854. The fourth-order valence-electron chi connectivity index (χ4n) is 2.63. The Labute approximate surface area is 157 Å². The summed E-state index contributed by atoms with van der Waals surface area (Å²) in [7, 11) is 0. The molecule has 2 aromatic rings. The molecule has 0 saturated heterocycles. The summed E-state index contributed by atoms with van der Waals surface area (Å²) in [6.07, 6.45) is -1.72. The number of pyridine rings is 1. The number of hydrogen-bond acceptors (Lipinski definition) is 6. The van der Waals surface area contributed by atoms with E-state index in [1.165, 1.54) is 0 Å². The van der Waals surface area contributed by atoms with Crippen molar-refractivity contribution in [2.75, 3.05) is 6.61 Å². The second-order valence-electron chi connectivity index (χ2n) is 6.47. The number of aromatic nitrogens is 3. The Morgan fingerprint density at radius 1 is 1.44 bits per heavy atom. The van der Waals surface area contributed by atoms with Gasteiger partial charge in [-0.05, 0) is 25.7 Å². The number of rotatable bonds is 6. The second kappa shape index (κ2) is 6.99. The van der Waals surface area contributed by atoms with Crippen molar-refractivity contribution in [3.8, 4) is 5.75 Å². The fraction of sp³-hybridized carbons (Fsp3) is 0.500. The molecule has 1 amide bonds. The van der Waals surface area contributed by atoms with E-state index in [9.17, 15) is 18.0 Å². The first-order valence-corrected chi connectivity index (χ1v) is 8.44. The number of nitrogens with zero attached hydrogens (tertiary/aromatic N) is 3. The molecule has 1 fully saturated rings. The molecule has 2 heterocycles. The smallest absolute Gasteiger partial charge is 0.422 e. The first kappa shape index (κ1) is 19.4. The number of alkyl halides is 3. The summed E-state index contributed by atoms with van der Waals surface area (Å²) in [6.45, 7) is 1.88. The molecule has 0 aromatic carbocycles.